The van der Waals surface area contributed by atoms with Crippen molar-refractivity contribution in [2.24, 2.45) is 0 Å². The minimum atomic E-state index is 0.564. The molecule has 5 heteroatoms. The molecule has 84 valence electrons. The van der Waals surface area contributed by atoms with Crippen LogP contribution in [-0.4, -0.2) is 0 Å². The smallest absolute Gasteiger partial charge is 0.0931 e. The van der Waals surface area contributed by atoms with Gasteiger partial charge in [0.25, 0.3) is 0 Å². The number of hydrogen-bond acceptors (Lipinski definition) is 3. The van der Waals surface area contributed by atoms with E-state index in [1.807, 2.05) is 24.3 Å². The van der Waals surface area contributed by atoms with Gasteiger partial charge in [-0.2, -0.15) is 0 Å². The highest BCUT2D eigenvalue weighted by Crippen LogP contribution is 2.25. The van der Waals surface area contributed by atoms with Crippen LogP contribution in [0.4, 0.5) is 11.4 Å². The lowest BCUT2D eigenvalue weighted by molar-refractivity contribution is 1.19. The molecule has 0 aliphatic heterocycles. The number of anilines is 2. The minimum absolute atomic E-state index is 0.564. The van der Waals surface area contributed by atoms with E-state index in [9.17, 15) is 0 Å². The Balaban J connectivity index is 2.02. The molecule has 0 atom stereocenters. The predicted octanol–water partition coefficient (Wildman–Crippen LogP) is 4.25. The molecule has 0 amide bonds. The van der Waals surface area contributed by atoms with Crippen LogP contribution in [0.15, 0.2) is 30.3 Å². The van der Waals surface area contributed by atoms with Crippen LogP contribution in [0.1, 0.15) is 4.88 Å². The minimum Gasteiger partial charge on any atom is -0.398 e. The van der Waals surface area contributed by atoms with E-state index in [2.05, 4.69) is 5.32 Å². The summed E-state index contributed by atoms with van der Waals surface area (Å²) in [6.45, 7) is 0.734. The Hall–Kier alpha value is -0.900. The largest absolute Gasteiger partial charge is 0.398 e. The molecule has 0 fully saturated rings. The summed E-state index contributed by atoms with van der Waals surface area (Å²) in [6.07, 6.45) is 0. The van der Waals surface area contributed by atoms with Crippen molar-refractivity contribution in [3.63, 3.8) is 0 Å². The fourth-order valence-corrected chi connectivity index (χ4v) is 2.48. The lowest BCUT2D eigenvalue weighted by Gasteiger charge is -2.06. The highest BCUT2D eigenvalue weighted by atomic mass is 35.5. The van der Waals surface area contributed by atoms with Crippen molar-refractivity contribution in [2.75, 3.05) is 11.1 Å². The molecule has 2 rings (SSSR count). The van der Waals surface area contributed by atoms with Crippen molar-refractivity contribution in [3.05, 3.63) is 44.6 Å². The van der Waals surface area contributed by atoms with Gasteiger partial charge in [0.05, 0.1) is 15.0 Å². The van der Waals surface area contributed by atoms with Gasteiger partial charge in [-0.15, -0.1) is 11.3 Å². The van der Waals surface area contributed by atoms with Gasteiger partial charge in [0.2, 0.25) is 0 Å². The zero-order chi connectivity index (χ0) is 11.5. The van der Waals surface area contributed by atoms with E-state index >= 15 is 0 Å². The number of nitrogens with one attached hydrogen (secondary N) is 1. The van der Waals surface area contributed by atoms with Gasteiger partial charge >= 0.3 is 0 Å². The number of halogens is 2. The van der Waals surface area contributed by atoms with Gasteiger partial charge in [0, 0.05) is 17.1 Å². The van der Waals surface area contributed by atoms with E-state index in [0.717, 1.165) is 16.6 Å². The van der Waals surface area contributed by atoms with Crippen molar-refractivity contribution in [3.8, 4) is 0 Å². The molecule has 1 aromatic heterocycles. The fraction of sp³-hybridized carbons (Fsp3) is 0.0909. The third kappa shape index (κ3) is 2.82. The fourth-order valence-electron chi connectivity index (χ4n) is 1.27. The van der Waals surface area contributed by atoms with Crippen LogP contribution < -0.4 is 11.1 Å². The van der Waals surface area contributed by atoms with Crippen molar-refractivity contribution >= 4 is 45.9 Å². The average Bonchev–Trinajstić information content (AvgIpc) is 2.66. The first-order valence-corrected chi connectivity index (χ1v) is 6.25. The summed E-state index contributed by atoms with van der Waals surface area (Å²) in [5, 5.41) is 3.82. The zero-order valence-corrected chi connectivity index (χ0v) is 10.7. The van der Waals surface area contributed by atoms with Crippen molar-refractivity contribution < 1.29 is 0 Å². The Morgan fingerprint density at radius 1 is 1.19 bits per heavy atom. The summed E-state index contributed by atoms with van der Waals surface area (Å²) >= 11 is 13.3. The monoisotopic (exact) mass is 272 g/mol. The quantitative estimate of drug-likeness (QED) is 0.820. The van der Waals surface area contributed by atoms with Gasteiger partial charge in [0.15, 0.2) is 0 Å². The van der Waals surface area contributed by atoms with Gasteiger partial charge in [-0.25, -0.2) is 0 Å². The predicted molar refractivity (Wildman–Crippen MR) is 72.5 cm³/mol. The molecule has 0 saturated carbocycles. The van der Waals surface area contributed by atoms with Gasteiger partial charge in [0.1, 0.15) is 0 Å². The number of benzene rings is 1. The summed E-state index contributed by atoms with van der Waals surface area (Å²) in [7, 11) is 0. The number of nitrogens with two attached hydrogens (primary N) is 1. The molecular weight excluding hydrogens is 263 g/mol. The van der Waals surface area contributed by atoms with Gasteiger partial charge in [-0.1, -0.05) is 23.2 Å². The summed E-state index contributed by atoms with van der Waals surface area (Å²) in [5.41, 5.74) is 7.16. The number of hydrogen-bond donors (Lipinski definition) is 2. The van der Waals surface area contributed by atoms with Crippen LogP contribution in [0, 0.1) is 0 Å². The van der Waals surface area contributed by atoms with Gasteiger partial charge in [-0.3, -0.25) is 0 Å². The zero-order valence-electron chi connectivity index (χ0n) is 8.34. The third-order valence-corrected chi connectivity index (χ3v) is 3.65. The Kier molecular flexibility index (Phi) is 3.59. The molecule has 0 aliphatic rings. The maximum Gasteiger partial charge on any atom is 0.0931 e. The summed E-state index contributed by atoms with van der Waals surface area (Å²) in [4.78, 5) is 1.18. The van der Waals surface area contributed by atoms with Crippen molar-refractivity contribution in [1.29, 1.82) is 0 Å². The first-order chi connectivity index (χ1) is 7.65. The highest BCUT2D eigenvalue weighted by Gasteiger charge is 2.00. The molecule has 0 unspecified atom stereocenters. The summed E-state index contributed by atoms with van der Waals surface area (Å²) in [6, 6.07) is 9.38. The molecule has 2 nitrogen and oxygen atoms in total. The molecule has 1 aromatic carbocycles. The topological polar surface area (TPSA) is 38.0 Å². The lowest BCUT2D eigenvalue weighted by atomic mass is 10.3. The molecule has 0 saturated heterocycles. The Morgan fingerprint density at radius 3 is 2.62 bits per heavy atom. The Bertz CT molecular complexity index is 496. The van der Waals surface area contributed by atoms with Crippen LogP contribution in [0.3, 0.4) is 0 Å². The van der Waals surface area contributed by atoms with E-state index in [0.29, 0.717) is 10.7 Å². The maximum atomic E-state index is 5.92. The van der Waals surface area contributed by atoms with Crippen LogP contribution >= 0.6 is 34.5 Å². The molecule has 0 aliphatic carbocycles. The van der Waals surface area contributed by atoms with E-state index < -0.39 is 0 Å². The van der Waals surface area contributed by atoms with E-state index in [4.69, 9.17) is 28.9 Å². The van der Waals surface area contributed by atoms with Crippen molar-refractivity contribution in [2.45, 2.75) is 6.54 Å². The van der Waals surface area contributed by atoms with E-state index in [-0.39, 0.29) is 0 Å². The second-order valence-corrected chi connectivity index (χ2v) is 5.50. The molecule has 1 heterocycles. The Morgan fingerprint density at radius 2 is 2.00 bits per heavy atom. The molecule has 16 heavy (non-hydrogen) atoms. The molecular formula is C11H10Cl2N2S. The molecule has 2 aromatic rings. The highest BCUT2D eigenvalue weighted by molar-refractivity contribution is 7.16. The van der Waals surface area contributed by atoms with Crippen LogP contribution in [-0.2, 0) is 6.54 Å². The molecule has 3 N–H and O–H groups in total. The van der Waals surface area contributed by atoms with Crippen molar-refractivity contribution in [1.82, 2.24) is 0 Å². The third-order valence-electron chi connectivity index (χ3n) is 2.10. The van der Waals surface area contributed by atoms with Gasteiger partial charge in [-0.05, 0) is 30.3 Å². The van der Waals surface area contributed by atoms with E-state index in [1.165, 1.54) is 4.88 Å². The lowest BCUT2D eigenvalue weighted by Crippen LogP contribution is -1.97. The van der Waals surface area contributed by atoms with Gasteiger partial charge < -0.3 is 11.1 Å². The maximum absolute atomic E-state index is 5.92. The first-order valence-electron chi connectivity index (χ1n) is 4.68. The summed E-state index contributed by atoms with van der Waals surface area (Å²) in [5.74, 6) is 0. The SMILES string of the molecule is Nc1ccc(NCc2ccc(Cl)s2)cc1Cl. The standard InChI is InChI=1S/C11H10Cl2N2S/c12-9-5-7(1-3-10(9)14)15-6-8-2-4-11(13)16-8/h1-5,15H,6,14H2. The van der Waals surface area contributed by atoms with Crippen LogP contribution in [0.5, 0.6) is 0 Å². The summed E-state index contributed by atoms with van der Waals surface area (Å²) < 4.78 is 0.798. The normalized spacial score (nSPS) is 10.4. The van der Waals surface area contributed by atoms with E-state index in [1.54, 1.807) is 17.4 Å². The van der Waals surface area contributed by atoms with Crippen LogP contribution in [0.25, 0.3) is 0 Å². The number of rotatable bonds is 3. The number of thiophene rings is 1. The van der Waals surface area contributed by atoms with Crippen LogP contribution in [0.2, 0.25) is 9.36 Å². The molecule has 0 bridgehead atoms. The Labute approximate surface area is 108 Å². The molecule has 0 spiro atoms. The second kappa shape index (κ2) is 4.95. The second-order valence-electron chi connectivity index (χ2n) is 3.30. The number of nitrogen functional groups attached to an aromatic ring is 1. The first kappa shape index (κ1) is 11.6. The molecule has 0 radical (unpaired) electrons. The average molecular weight is 273 g/mol.